The molecule has 1 aromatic carbocycles. The van der Waals surface area contributed by atoms with Crippen LogP contribution in [0.1, 0.15) is 33.0 Å². The minimum atomic E-state index is -0.577. The van der Waals surface area contributed by atoms with Crippen molar-refractivity contribution in [3.05, 3.63) is 77.1 Å². The zero-order valence-electron chi connectivity index (χ0n) is 13.2. The molecule has 0 aliphatic carbocycles. The van der Waals surface area contributed by atoms with Crippen molar-refractivity contribution in [1.82, 2.24) is 14.5 Å². The number of benzene rings is 1. The van der Waals surface area contributed by atoms with Crippen molar-refractivity contribution in [3.63, 3.8) is 0 Å². The molecule has 0 saturated heterocycles. The molecule has 3 heterocycles. The van der Waals surface area contributed by atoms with Crippen LogP contribution in [0.5, 0.6) is 0 Å². The molecule has 4 rings (SSSR count). The van der Waals surface area contributed by atoms with Crippen LogP contribution in [0.4, 0.5) is 0 Å². The molecule has 0 saturated carbocycles. The van der Waals surface area contributed by atoms with Gasteiger partial charge in [-0.05, 0) is 30.3 Å². The normalized spacial score (nSPS) is 12.4. The van der Waals surface area contributed by atoms with Gasteiger partial charge in [0.15, 0.2) is 5.69 Å². The largest absolute Gasteiger partial charge is 0.364 e. The van der Waals surface area contributed by atoms with Gasteiger partial charge in [-0.15, -0.1) is 6.42 Å². The van der Waals surface area contributed by atoms with Gasteiger partial charge in [-0.2, -0.15) is 0 Å². The maximum absolute atomic E-state index is 11.7. The summed E-state index contributed by atoms with van der Waals surface area (Å²) >= 11 is 0. The number of carbonyl (C=O) groups excluding carboxylic acids is 1. The monoisotopic (exact) mass is 327 g/mol. The molecular formula is C19H13N5O. The zero-order valence-corrected chi connectivity index (χ0v) is 13.2. The number of terminal acetylenes is 1. The second kappa shape index (κ2) is 5.73. The Morgan fingerprint density at radius 1 is 1.24 bits per heavy atom. The number of hydrogen-bond donors (Lipinski definition) is 1. The Kier molecular flexibility index (Phi) is 3.40. The van der Waals surface area contributed by atoms with Crippen LogP contribution in [0.15, 0.2) is 53.9 Å². The van der Waals surface area contributed by atoms with E-state index in [4.69, 9.17) is 12.2 Å². The minimum Gasteiger partial charge on any atom is -0.364 e. The van der Waals surface area contributed by atoms with Crippen LogP contribution in [-0.4, -0.2) is 26.2 Å². The topological polar surface area (TPSA) is 86.2 Å². The van der Waals surface area contributed by atoms with Gasteiger partial charge in [-0.3, -0.25) is 19.3 Å². The summed E-state index contributed by atoms with van der Waals surface area (Å²) in [6, 6.07) is 11.3. The van der Waals surface area contributed by atoms with E-state index in [1.165, 1.54) is 0 Å². The second-order valence-electron chi connectivity index (χ2n) is 5.53. The van der Waals surface area contributed by atoms with Crippen LogP contribution in [0.2, 0.25) is 0 Å². The third kappa shape index (κ3) is 2.39. The maximum atomic E-state index is 11.7. The summed E-state index contributed by atoms with van der Waals surface area (Å²) in [6.45, 7) is 0.268. The summed E-state index contributed by atoms with van der Waals surface area (Å²) in [5.41, 5.74) is 10.2. The molecule has 2 N–H and O–H groups in total. The predicted octanol–water partition coefficient (Wildman–Crippen LogP) is 1.70. The van der Waals surface area contributed by atoms with Gasteiger partial charge in [0.25, 0.3) is 5.91 Å². The molecule has 0 radical (unpaired) electrons. The van der Waals surface area contributed by atoms with Crippen molar-refractivity contribution in [2.24, 2.45) is 10.7 Å². The highest BCUT2D eigenvalue weighted by atomic mass is 16.1. The fourth-order valence-electron chi connectivity index (χ4n) is 2.92. The first-order chi connectivity index (χ1) is 12.2. The number of imidazole rings is 1. The van der Waals surface area contributed by atoms with Crippen LogP contribution in [0, 0.1) is 12.3 Å². The molecule has 0 atom stereocenters. The quantitative estimate of drug-likeness (QED) is 0.727. The molecule has 0 unspecified atom stereocenters. The number of aliphatic imine (C=N–C) groups is 1. The Balaban J connectivity index is 2.01. The van der Waals surface area contributed by atoms with Crippen LogP contribution >= 0.6 is 0 Å². The van der Waals surface area contributed by atoms with Gasteiger partial charge in [0.05, 0.1) is 29.3 Å². The van der Waals surface area contributed by atoms with E-state index >= 15 is 0 Å². The number of nitrogens with zero attached hydrogens (tertiary/aromatic N) is 4. The van der Waals surface area contributed by atoms with E-state index in [1.807, 2.05) is 41.0 Å². The lowest BCUT2D eigenvalue weighted by Gasteiger charge is -2.11. The first kappa shape index (κ1) is 14.8. The number of primary amides is 1. The number of aromatic nitrogens is 3. The van der Waals surface area contributed by atoms with Gasteiger partial charge in [-0.25, -0.2) is 4.98 Å². The van der Waals surface area contributed by atoms with Gasteiger partial charge >= 0.3 is 0 Å². The van der Waals surface area contributed by atoms with Crippen LogP contribution in [0.3, 0.4) is 0 Å². The smallest absolute Gasteiger partial charge is 0.269 e. The number of pyridine rings is 1. The summed E-state index contributed by atoms with van der Waals surface area (Å²) in [4.78, 5) is 24.9. The first-order valence-corrected chi connectivity index (χ1v) is 7.62. The predicted molar refractivity (Wildman–Crippen MR) is 93.6 cm³/mol. The van der Waals surface area contributed by atoms with Crippen molar-refractivity contribution >= 4 is 11.6 Å². The van der Waals surface area contributed by atoms with Gasteiger partial charge in [0.1, 0.15) is 6.33 Å². The molecule has 6 nitrogen and oxygen atoms in total. The second-order valence-corrected chi connectivity index (χ2v) is 5.53. The van der Waals surface area contributed by atoms with E-state index in [1.54, 1.807) is 12.5 Å². The van der Waals surface area contributed by atoms with Crippen molar-refractivity contribution in [2.45, 2.75) is 6.54 Å². The summed E-state index contributed by atoms with van der Waals surface area (Å²) in [5, 5.41) is 0. The number of carbonyl (C=O) groups is 1. The van der Waals surface area contributed by atoms with E-state index in [0.717, 1.165) is 22.5 Å². The zero-order chi connectivity index (χ0) is 17.4. The maximum Gasteiger partial charge on any atom is 0.269 e. The van der Waals surface area contributed by atoms with Gasteiger partial charge in [-0.1, -0.05) is 12.0 Å². The Bertz CT molecular complexity index is 1060. The first-order valence-electron chi connectivity index (χ1n) is 7.62. The average molecular weight is 327 g/mol. The molecule has 25 heavy (non-hydrogen) atoms. The summed E-state index contributed by atoms with van der Waals surface area (Å²) in [6.07, 6.45) is 8.86. The molecule has 1 aliphatic heterocycles. The van der Waals surface area contributed by atoms with Crippen molar-refractivity contribution < 1.29 is 4.79 Å². The summed E-state index contributed by atoms with van der Waals surface area (Å²) in [5.74, 6) is 2.07. The molecule has 1 aliphatic rings. The Morgan fingerprint density at radius 2 is 2.12 bits per heavy atom. The number of rotatable bonds is 2. The molecule has 120 valence electrons. The third-order valence-electron chi connectivity index (χ3n) is 4.07. The third-order valence-corrected chi connectivity index (χ3v) is 4.07. The molecule has 3 aromatic rings. The average Bonchev–Trinajstić information content (AvgIpc) is 3.00. The standard InChI is InChI=1S/C19H13N5O/c1-2-12-6-7-15-13(9-12)17(14-5-3-4-8-21-14)22-10-16-18(19(20)25)23-11-24(15)16/h1,3-9,11H,10H2,(H2,20,25). The number of nitrogens with two attached hydrogens (primary N) is 1. The molecule has 6 heteroatoms. The Hall–Kier alpha value is -3.72. The van der Waals surface area contributed by atoms with E-state index in [2.05, 4.69) is 20.9 Å². The SMILES string of the molecule is C#Cc1ccc2c(c1)C(c1ccccn1)=NCc1c(C(N)=O)ncn1-2. The fourth-order valence-corrected chi connectivity index (χ4v) is 2.92. The minimum absolute atomic E-state index is 0.220. The fraction of sp³-hybridized carbons (Fsp3) is 0.0526. The summed E-state index contributed by atoms with van der Waals surface area (Å²) < 4.78 is 1.83. The lowest BCUT2D eigenvalue weighted by Crippen LogP contribution is -2.14. The van der Waals surface area contributed by atoms with Gasteiger partial charge in [0.2, 0.25) is 0 Å². The highest BCUT2D eigenvalue weighted by Crippen LogP contribution is 2.26. The van der Waals surface area contributed by atoms with Crippen LogP contribution in [-0.2, 0) is 6.54 Å². The van der Waals surface area contributed by atoms with Gasteiger partial charge < -0.3 is 5.73 Å². The van der Waals surface area contributed by atoms with E-state index in [-0.39, 0.29) is 12.2 Å². The lowest BCUT2D eigenvalue weighted by molar-refractivity contribution is 0.0995. The van der Waals surface area contributed by atoms with Crippen molar-refractivity contribution in [3.8, 4) is 18.0 Å². The molecule has 0 fully saturated rings. The number of amides is 1. The highest BCUT2D eigenvalue weighted by Gasteiger charge is 2.24. The van der Waals surface area contributed by atoms with Crippen LogP contribution in [0.25, 0.3) is 5.69 Å². The van der Waals surface area contributed by atoms with E-state index in [9.17, 15) is 4.79 Å². The van der Waals surface area contributed by atoms with Gasteiger partial charge in [0, 0.05) is 17.3 Å². The van der Waals surface area contributed by atoms with Crippen molar-refractivity contribution in [2.75, 3.05) is 0 Å². The molecule has 2 aromatic heterocycles. The summed E-state index contributed by atoms with van der Waals surface area (Å²) in [7, 11) is 0. The molecular weight excluding hydrogens is 314 g/mol. The Morgan fingerprint density at radius 3 is 2.84 bits per heavy atom. The van der Waals surface area contributed by atoms with Crippen LogP contribution < -0.4 is 5.73 Å². The number of fused-ring (bicyclic) bond motifs is 3. The Labute approximate surface area is 144 Å². The lowest BCUT2D eigenvalue weighted by atomic mass is 10.0. The number of hydrogen-bond acceptors (Lipinski definition) is 4. The van der Waals surface area contributed by atoms with E-state index in [0.29, 0.717) is 11.4 Å². The molecule has 0 spiro atoms. The van der Waals surface area contributed by atoms with E-state index < -0.39 is 5.91 Å². The molecule has 0 bridgehead atoms. The molecule has 1 amide bonds. The highest BCUT2D eigenvalue weighted by molar-refractivity contribution is 6.14. The van der Waals surface area contributed by atoms with Crippen molar-refractivity contribution in [1.29, 1.82) is 0 Å².